The van der Waals surface area contributed by atoms with Gasteiger partial charge in [0.25, 0.3) is 5.91 Å². The summed E-state index contributed by atoms with van der Waals surface area (Å²) in [7, 11) is -3.96. The van der Waals surface area contributed by atoms with Crippen molar-refractivity contribution < 1.29 is 27.5 Å². The van der Waals surface area contributed by atoms with Gasteiger partial charge < -0.3 is 9.64 Å². The molecule has 7 nitrogen and oxygen atoms in total. The van der Waals surface area contributed by atoms with Crippen LogP contribution >= 0.6 is 0 Å². The Bertz CT molecular complexity index is 1130. The Morgan fingerprint density at radius 1 is 0.933 bits per heavy atom. The molecule has 30 heavy (non-hydrogen) atoms. The molecule has 0 atom stereocenters. The summed E-state index contributed by atoms with van der Waals surface area (Å²) >= 11 is 0. The number of hydrogen-bond acceptors (Lipinski definition) is 6. The maximum Gasteiger partial charge on any atom is 0.338 e. The molecule has 0 unspecified atom stereocenters. The monoisotopic (exact) mass is 429 g/mol. The van der Waals surface area contributed by atoms with E-state index < -0.39 is 28.2 Å². The first-order chi connectivity index (χ1) is 14.1. The van der Waals surface area contributed by atoms with Crippen LogP contribution < -0.4 is 0 Å². The fourth-order valence-electron chi connectivity index (χ4n) is 3.67. The number of hydrogen-bond donors (Lipinski definition) is 0. The number of nitrogens with zero attached hydrogens (tertiary/aromatic N) is 1. The van der Waals surface area contributed by atoms with Crippen molar-refractivity contribution in [1.29, 1.82) is 0 Å². The highest BCUT2D eigenvalue weighted by molar-refractivity contribution is 7.91. The number of sulfone groups is 1. The van der Waals surface area contributed by atoms with Crippen LogP contribution in [-0.4, -0.2) is 49.7 Å². The van der Waals surface area contributed by atoms with E-state index in [1.807, 2.05) is 27.7 Å². The highest BCUT2D eigenvalue weighted by Gasteiger charge is 2.35. The summed E-state index contributed by atoms with van der Waals surface area (Å²) < 4.78 is 31.0. The van der Waals surface area contributed by atoms with Crippen LogP contribution in [-0.2, 0) is 19.4 Å². The van der Waals surface area contributed by atoms with Crippen molar-refractivity contribution >= 4 is 27.5 Å². The van der Waals surface area contributed by atoms with Gasteiger partial charge in [0.15, 0.2) is 12.4 Å². The van der Waals surface area contributed by atoms with Crippen molar-refractivity contribution in [2.24, 2.45) is 0 Å². The van der Waals surface area contributed by atoms with Crippen molar-refractivity contribution in [1.82, 2.24) is 4.90 Å². The molecular formula is C22H23NO6S. The number of ketones is 1. The Labute approximate surface area is 175 Å². The van der Waals surface area contributed by atoms with Crippen LogP contribution in [0, 0.1) is 0 Å². The molecule has 2 aromatic carbocycles. The topological polar surface area (TPSA) is 97.8 Å². The van der Waals surface area contributed by atoms with E-state index in [1.165, 1.54) is 30.3 Å². The fourth-order valence-corrected chi connectivity index (χ4v) is 5.35. The first-order valence-corrected chi connectivity index (χ1v) is 11.0. The maximum atomic E-state index is 13.0. The predicted molar refractivity (Wildman–Crippen MR) is 109 cm³/mol. The van der Waals surface area contributed by atoms with E-state index in [0.717, 1.165) is 6.07 Å². The standard InChI is InChI=1S/C22H23NO6S/c1-13(2)23(14(3)4)20(24)12-29-22(26)15-9-10-17-19(11-15)30(27,28)18-8-6-5-7-16(18)21(17)25/h5-11,13-14H,12H2,1-4H3. The van der Waals surface area contributed by atoms with Gasteiger partial charge in [0, 0.05) is 23.2 Å². The van der Waals surface area contributed by atoms with Crippen LogP contribution in [0.1, 0.15) is 54.0 Å². The summed E-state index contributed by atoms with van der Waals surface area (Å²) in [4.78, 5) is 38.8. The smallest absolute Gasteiger partial charge is 0.338 e. The molecule has 1 aliphatic heterocycles. The maximum absolute atomic E-state index is 13.0. The van der Waals surface area contributed by atoms with Crippen molar-refractivity contribution in [3.8, 4) is 0 Å². The number of carbonyl (C=O) groups excluding carboxylic acids is 3. The first kappa shape index (κ1) is 21.7. The van der Waals surface area contributed by atoms with Crippen LogP contribution in [0.25, 0.3) is 0 Å². The van der Waals surface area contributed by atoms with Crippen LogP contribution in [0.3, 0.4) is 0 Å². The Hall–Kier alpha value is -3.00. The molecule has 1 heterocycles. The summed E-state index contributed by atoms with van der Waals surface area (Å²) in [6.45, 7) is 7.00. The molecule has 3 rings (SSSR count). The van der Waals surface area contributed by atoms with Gasteiger partial charge in [-0.3, -0.25) is 9.59 Å². The van der Waals surface area contributed by atoms with E-state index in [1.54, 1.807) is 11.0 Å². The zero-order valence-electron chi connectivity index (χ0n) is 17.2. The van der Waals surface area contributed by atoms with E-state index >= 15 is 0 Å². The lowest BCUT2D eigenvalue weighted by Gasteiger charge is -2.30. The summed E-state index contributed by atoms with van der Waals surface area (Å²) in [5.74, 6) is -1.60. The SMILES string of the molecule is CC(C)N(C(=O)COC(=O)c1ccc2c(c1)S(=O)(=O)c1ccccc1C2=O)C(C)C. The molecule has 0 radical (unpaired) electrons. The van der Waals surface area contributed by atoms with Gasteiger partial charge >= 0.3 is 5.97 Å². The minimum atomic E-state index is -3.96. The summed E-state index contributed by atoms with van der Waals surface area (Å²) in [6.07, 6.45) is 0. The molecule has 0 saturated heterocycles. The second-order valence-electron chi connectivity index (χ2n) is 7.60. The van der Waals surface area contributed by atoms with Gasteiger partial charge in [-0.05, 0) is 58.0 Å². The van der Waals surface area contributed by atoms with Gasteiger partial charge in [-0.1, -0.05) is 12.1 Å². The number of rotatable bonds is 5. The number of benzene rings is 2. The highest BCUT2D eigenvalue weighted by atomic mass is 32.2. The van der Waals surface area contributed by atoms with Crippen molar-refractivity contribution in [3.05, 3.63) is 59.2 Å². The predicted octanol–water partition coefficient (Wildman–Crippen LogP) is 2.87. The van der Waals surface area contributed by atoms with Gasteiger partial charge in [0.05, 0.1) is 15.4 Å². The normalized spacial score (nSPS) is 14.3. The molecule has 0 aliphatic carbocycles. The zero-order chi connectivity index (χ0) is 22.2. The van der Waals surface area contributed by atoms with Gasteiger partial charge in [-0.15, -0.1) is 0 Å². The molecule has 1 aliphatic rings. The average Bonchev–Trinajstić information content (AvgIpc) is 2.69. The molecule has 1 amide bonds. The highest BCUT2D eigenvalue weighted by Crippen LogP contribution is 2.34. The van der Waals surface area contributed by atoms with Crippen molar-refractivity contribution in [3.63, 3.8) is 0 Å². The third-order valence-corrected chi connectivity index (χ3v) is 6.75. The summed E-state index contributed by atoms with van der Waals surface area (Å²) in [5.41, 5.74) is 0.0680. The average molecular weight is 429 g/mol. The first-order valence-electron chi connectivity index (χ1n) is 9.57. The molecular weight excluding hydrogens is 406 g/mol. The summed E-state index contributed by atoms with van der Waals surface area (Å²) in [5, 5.41) is 0. The van der Waals surface area contributed by atoms with Crippen LogP contribution in [0.15, 0.2) is 52.3 Å². The van der Waals surface area contributed by atoms with E-state index in [4.69, 9.17) is 4.74 Å². The van der Waals surface area contributed by atoms with Gasteiger partial charge in [0.1, 0.15) is 0 Å². The molecule has 8 heteroatoms. The minimum absolute atomic E-state index is 0.00659. The Morgan fingerprint density at radius 2 is 1.53 bits per heavy atom. The second kappa shape index (κ2) is 8.02. The number of ether oxygens (including phenoxy) is 1. The molecule has 0 aromatic heterocycles. The molecule has 0 bridgehead atoms. The van der Waals surface area contributed by atoms with E-state index in [0.29, 0.717) is 0 Å². The number of fused-ring (bicyclic) bond motifs is 2. The molecule has 0 N–H and O–H groups in total. The van der Waals surface area contributed by atoms with E-state index in [9.17, 15) is 22.8 Å². The molecule has 2 aromatic rings. The van der Waals surface area contributed by atoms with Gasteiger partial charge in [0.2, 0.25) is 9.84 Å². The lowest BCUT2D eigenvalue weighted by molar-refractivity contribution is -0.138. The van der Waals surface area contributed by atoms with Crippen LogP contribution in [0.5, 0.6) is 0 Å². The summed E-state index contributed by atoms with van der Waals surface area (Å²) in [6, 6.07) is 9.60. The molecule has 0 fully saturated rings. The Kier molecular flexibility index (Phi) is 5.81. The lowest BCUT2D eigenvalue weighted by Crippen LogP contribution is -2.44. The molecule has 0 saturated carbocycles. The third-order valence-electron chi connectivity index (χ3n) is 4.90. The van der Waals surface area contributed by atoms with Crippen molar-refractivity contribution in [2.45, 2.75) is 49.6 Å². The van der Waals surface area contributed by atoms with Crippen LogP contribution in [0.4, 0.5) is 0 Å². The second-order valence-corrected chi connectivity index (χ2v) is 9.49. The molecule has 158 valence electrons. The number of esters is 1. The van der Waals surface area contributed by atoms with Crippen molar-refractivity contribution in [2.75, 3.05) is 6.61 Å². The minimum Gasteiger partial charge on any atom is -0.452 e. The zero-order valence-corrected chi connectivity index (χ0v) is 18.0. The Balaban J connectivity index is 1.86. The quantitative estimate of drug-likeness (QED) is 0.579. The number of carbonyl (C=O) groups is 3. The fraction of sp³-hybridized carbons (Fsp3) is 0.318. The third kappa shape index (κ3) is 3.75. The van der Waals surface area contributed by atoms with E-state index in [-0.39, 0.29) is 44.5 Å². The molecule has 0 spiro atoms. The Morgan fingerprint density at radius 3 is 2.17 bits per heavy atom. The van der Waals surface area contributed by atoms with Gasteiger partial charge in [-0.2, -0.15) is 0 Å². The van der Waals surface area contributed by atoms with Crippen LogP contribution in [0.2, 0.25) is 0 Å². The van der Waals surface area contributed by atoms with Gasteiger partial charge in [-0.25, -0.2) is 13.2 Å². The van der Waals surface area contributed by atoms with E-state index in [2.05, 4.69) is 0 Å². The lowest BCUT2D eigenvalue weighted by atomic mass is 10.0. The number of amides is 1. The largest absolute Gasteiger partial charge is 0.452 e.